The van der Waals surface area contributed by atoms with Crippen molar-refractivity contribution in [2.75, 3.05) is 39.6 Å². The number of halogens is 8. The van der Waals surface area contributed by atoms with Gasteiger partial charge in [-0.25, -0.2) is 26.3 Å². The van der Waals surface area contributed by atoms with E-state index in [1.807, 2.05) is 0 Å². The van der Waals surface area contributed by atoms with Crippen LogP contribution in [0.1, 0.15) is 52.7 Å². The maximum atomic E-state index is 15.0. The molecule has 0 bridgehead atoms. The minimum absolute atomic E-state index is 0.00948. The summed E-state index contributed by atoms with van der Waals surface area (Å²) in [6.45, 7) is 10.9. The van der Waals surface area contributed by atoms with E-state index in [0.717, 1.165) is 24.3 Å². The van der Waals surface area contributed by atoms with Crippen LogP contribution in [0.4, 0.5) is 26.3 Å². The normalized spacial score (nSPS) is 11.1. The molecular formula is C38H38Br2F6O6. The van der Waals surface area contributed by atoms with E-state index in [0.29, 0.717) is 11.1 Å². The molecule has 0 heterocycles. The van der Waals surface area contributed by atoms with E-state index in [1.54, 1.807) is 41.5 Å². The molecule has 4 rings (SSSR count). The van der Waals surface area contributed by atoms with Gasteiger partial charge in [-0.1, -0.05) is 31.9 Å². The highest BCUT2D eigenvalue weighted by Crippen LogP contribution is 2.61. The maximum absolute atomic E-state index is 15.0. The molecule has 0 aromatic heterocycles. The van der Waals surface area contributed by atoms with Gasteiger partial charge in [-0.05, 0) is 88.1 Å². The van der Waals surface area contributed by atoms with E-state index in [-0.39, 0.29) is 118 Å². The zero-order valence-corrected chi connectivity index (χ0v) is 32.6. The molecule has 14 heteroatoms. The largest absolute Gasteiger partial charge is 0.489 e. The lowest BCUT2D eigenvalue weighted by molar-refractivity contribution is 0.259. The standard InChI is InChI=1S/C38H38Br2F6O6/c1-7-47-33-27(19-13-23(41)31(45)24(42)14-19)21(17-39)29(35(49-9-3)37(33)51-11-5)30-22(18-40)28(20-15-25(43)32(46)26(44)16-20)34(48-8-2)38(52-12-6)36(30)50-10-4/h13-16H,7-12,17-18H2,1-6H3. The van der Waals surface area contributed by atoms with Crippen molar-refractivity contribution in [3.05, 3.63) is 70.3 Å². The second-order valence-electron chi connectivity index (χ2n) is 10.8. The van der Waals surface area contributed by atoms with Crippen LogP contribution in [-0.2, 0) is 10.7 Å². The smallest absolute Gasteiger partial charge is 0.204 e. The summed E-state index contributed by atoms with van der Waals surface area (Å²) in [6, 6.07) is 3.37. The Balaban J connectivity index is 2.45. The van der Waals surface area contributed by atoms with Crippen LogP contribution in [0.15, 0.2) is 24.3 Å². The van der Waals surface area contributed by atoms with Crippen molar-refractivity contribution in [3.8, 4) is 67.9 Å². The van der Waals surface area contributed by atoms with Gasteiger partial charge in [0.05, 0.1) is 39.6 Å². The van der Waals surface area contributed by atoms with Gasteiger partial charge in [0.2, 0.25) is 11.5 Å². The lowest BCUT2D eigenvalue weighted by Crippen LogP contribution is -2.12. The molecule has 0 spiro atoms. The van der Waals surface area contributed by atoms with Crippen LogP contribution in [-0.4, -0.2) is 39.6 Å². The number of benzene rings is 4. The Morgan fingerprint density at radius 3 is 0.846 bits per heavy atom. The van der Waals surface area contributed by atoms with Gasteiger partial charge in [0.1, 0.15) is 0 Å². The molecular weight excluding hydrogens is 826 g/mol. The van der Waals surface area contributed by atoms with Crippen molar-refractivity contribution >= 4 is 31.9 Å². The van der Waals surface area contributed by atoms with Crippen LogP contribution < -0.4 is 28.4 Å². The van der Waals surface area contributed by atoms with Crippen molar-refractivity contribution in [1.82, 2.24) is 0 Å². The Hall–Kier alpha value is -3.78. The summed E-state index contributed by atoms with van der Waals surface area (Å²) in [6.07, 6.45) is 0. The van der Waals surface area contributed by atoms with Crippen molar-refractivity contribution in [1.29, 1.82) is 0 Å². The molecule has 0 radical (unpaired) electrons. The Bertz CT molecular complexity index is 1740. The van der Waals surface area contributed by atoms with Crippen LogP contribution in [0.5, 0.6) is 34.5 Å². The van der Waals surface area contributed by atoms with Crippen LogP contribution in [0.25, 0.3) is 33.4 Å². The topological polar surface area (TPSA) is 55.4 Å². The number of hydrogen-bond donors (Lipinski definition) is 0. The third-order valence-electron chi connectivity index (χ3n) is 7.73. The lowest BCUT2D eigenvalue weighted by Gasteiger charge is -2.30. The van der Waals surface area contributed by atoms with Gasteiger partial charge in [-0.3, -0.25) is 0 Å². The van der Waals surface area contributed by atoms with E-state index < -0.39 is 34.9 Å². The van der Waals surface area contributed by atoms with E-state index in [9.17, 15) is 26.3 Å². The Morgan fingerprint density at radius 1 is 0.385 bits per heavy atom. The highest BCUT2D eigenvalue weighted by molar-refractivity contribution is 9.08. The molecule has 0 amide bonds. The summed E-state index contributed by atoms with van der Waals surface area (Å²) in [5.74, 6) is -8.57. The zero-order valence-electron chi connectivity index (χ0n) is 29.4. The Morgan fingerprint density at radius 2 is 0.615 bits per heavy atom. The number of alkyl halides is 2. The van der Waals surface area contributed by atoms with E-state index in [1.165, 1.54) is 0 Å². The fourth-order valence-electron chi connectivity index (χ4n) is 5.94. The van der Waals surface area contributed by atoms with Crippen LogP contribution >= 0.6 is 31.9 Å². The molecule has 282 valence electrons. The van der Waals surface area contributed by atoms with Crippen molar-refractivity contribution in [3.63, 3.8) is 0 Å². The summed E-state index contributed by atoms with van der Waals surface area (Å²) in [5, 5.41) is -0.0190. The summed E-state index contributed by atoms with van der Waals surface area (Å²) in [5.41, 5.74) is 1.28. The highest BCUT2D eigenvalue weighted by Gasteiger charge is 2.36. The first-order valence-corrected chi connectivity index (χ1v) is 18.9. The van der Waals surface area contributed by atoms with Gasteiger partial charge < -0.3 is 28.4 Å². The van der Waals surface area contributed by atoms with Crippen LogP contribution in [0.2, 0.25) is 0 Å². The molecule has 0 N–H and O–H groups in total. The summed E-state index contributed by atoms with van der Waals surface area (Å²) >= 11 is 7.13. The summed E-state index contributed by atoms with van der Waals surface area (Å²) < 4.78 is 126. The molecule has 0 aliphatic rings. The van der Waals surface area contributed by atoms with E-state index in [4.69, 9.17) is 28.4 Å². The third kappa shape index (κ3) is 7.78. The number of ether oxygens (including phenoxy) is 6. The molecule has 52 heavy (non-hydrogen) atoms. The van der Waals surface area contributed by atoms with Gasteiger partial charge in [0.25, 0.3) is 0 Å². The minimum atomic E-state index is -1.66. The molecule has 0 aliphatic heterocycles. The molecule has 0 saturated heterocycles. The SMILES string of the molecule is CCOc1c(OCC)c(-c2cc(F)c(F)c(F)c2)c(CBr)c(-c2c(CBr)c(-c3cc(F)c(F)c(F)c3)c(OCC)c(OCC)c2OCC)c1OCC. The van der Waals surface area contributed by atoms with Gasteiger partial charge >= 0.3 is 0 Å². The lowest BCUT2D eigenvalue weighted by atomic mass is 9.84. The molecule has 6 nitrogen and oxygen atoms in total. The molecule has 4 aromatic rings. The van der Waals surface area contributed by atoms with E-state index >= 15 is 0 Å². The predicted molar refractivity (Wildman–Crippen MR) is 195 cm³/mol. The van der Waals surface area contributed by atoms with Gasteiger partial charge in [0, 0.05) is 32.9 Å². The van der Waals surface area contributed by atoms with Gasteiger partial charge in [-0.2, -0.15) is 0 Å². The van der Waals surface area contributed by atoms with Crippen LogP contribution in [0, 0.1) is 34.9 Å². The molecule has 4 aromatic carbocycles. The molecule has 0 unspecified atom stereocenters. The monoisotopic (exact) mass is 862 g/mol. The van der Waals surface area contributed by atoms with Crippen molar-refractivity contribution < 1.29 is 54.8 Å². The fraction of sp³-hybridized carbons (Fsp3) is 0.368. The minimum Gasteiger partial charge on any atom is -0.489 e. The summed E-state index contributed by atoms with van der Waals surface area (Å²) in [4.78, 5) is 0. The molecule has 0 aliphatic carbocycles. The molecule has 0 fully saturated rings. The fourth-order valence-corrected chi connectivity index (χ4v) is 7.07. The zero-order chi connectivity index (χ0) is 38.3. The highest BCUT2D eigenvalue weighted by atomic mass is 79.9. The predicted octanol–water partition coefficient (Wildman–Crippen LogP) is 11.7. The molecule has 0 atom stereocenters. The molecule has 0 saturated carbocycles. The number of rotatable bonds is 17. The second kappa shape index (κ2) is 18.3. The first-order chi connectivity index (χ1) is 25.0. The average molecular weight is 865 g/mol. The second-order valence-corrected chi connectivity index (χ2v) is 11.9. The Kier molecular flexibility index (Phi) is 14.4. The first-order valence-electron chi connectivity index (χ1n) is 16.6. The maximum Gasteiger partial charge on any atom is 0.204 e. The van der Waals surface area contributed by atoms with E-state index in [2.05, 4.69) is 31.9 Å². The first kappa shape index (κ1) is 41.0. The average Bonchev–Trinajstić information content (AvgIpc) is 3.11. The van der Waals surface area contributed by atoms with Crippen LogP contribution in [0.3, 0.4) is 0 Å². The summed E-state index contributed by atoms with van der Waals surface area (Å²) in [7, 11) is 0. The van der Waals surface area contributed by atoms with Crippen molar-refractivity contribution in [2.24, 2.45) is 0 Å². The number of hydrogen-bond acceptors (Lipinski definition) is 6. The van der Waals surface area contributed by atoms with Gasteiger partial charge in [-0.15, -0.1) is 0 Å². The quantitative estimate of drug-likeness (QED) is 0.0599. The Labute approximate surface area is 315 Å². The van der Waals surface area contributed by atoms with Crippen molar-refractivity contribution in [2.45, 2.75) is 52.2 Å². The third-order valence-corrected chi connectivity index (χ3v) is 8.86. The van der Waals surface area contributed by atoms with Gasteiger partial charge in [0.15, 0.2) is 57.9 Å².